The third-order valence-electron chi connectivity index (χ3n) is 3.18. The Balaban J connectivity index is 2.13. The summed E-state index contributed by atoms with van der Waals surface area (Å²) in [5.41, 5.74) is 0.523. The van der Waals surface area contributed by atoms with Crippen LogP contribution in [0.5, 0.6) is 0 Å². The molecule has 1 fully saturated rings. The Morgan fingerprint density at radius 1 is 1.27 bits per heavy atom. The van der Waals surface area contributed by atoms with Crippen molar-refractivity contribution in [3.05, 3.63) is 0 Å². The molecule has 0 N–H and O–H groups in total. The van der Waals surface area contributed by atoms with Gasteiger partial charge in [-0.25, -0.2) is 0 Å². The van der Waals surface area contributed by atoms with Crippen LogP contribution in [0.15, 0.2) is 0 Å². The van der Waals surface area contributed by atoms with Crippen molar-refractivity contribution in [2.24, 2.45) is 17.3 Å². The van der Waals surface area contributed by atoms with Gasteiger partial charge < -0.3 is 0 Å². The van der Waals surface area contributed by atoms with Gasteiger partial charge in [-0.15, -0.1) is 0 Å². The fourth-order valence-corrected chi connectivity index (χ4v) is 1.33. The van der Waals surface area contributed by atoms with Crippen molar-refractivity contribution in [2.45, 2.75) is 53.4 Å². The Kier molecular flexibility index (Phi) is 2.61. The largest absolute Gasteiger partial charge is 0.0620 e. The molecule has 0 bridgehead atoms. The molecule has 1 unspecified atom stereocenters. The van der Waals surface area contributed by atoms with Crippen molar-refractivity contribution in [3.8, 4) is 0 Å². The molecule has 0 nitrogen and oxygen atoms in total. The zero-order valence-electron chi connectivity index (χ0n) is 8.48. The lowest BCUT2D eigenvalue weighted by Gasteiger charge is -2.27. The Morgan fingerprint density at radius 3 is 2.18 bits per heavy atom. The second-order valence-corrected chi connectivity index (χ2v) is 5.29. The normalized spacial score (nSPS) is 21.8. The van der Waals surface area contributed by atoms with Gasteiger partial charge >= 0.3 is 0 Å². The van der Waals surface area contributed by atoms with E-state index < -0.39 is 0 Å². The smallest absolute Gasteiger partial charge is 0.0357 e. The van der Waals surface area contributed by atoms with Crippen LogP contribution >= 0.6 is 0 Å². The van der Waals surface area contributed by atoms with E-state index in [-0.39, 0.29) is 0 Å². The average molecular weight is 154 g/mol. The molecule has 0 amide bonds. The minimum Gasteiger partial charge on any atom is -0.0620 e. The summed E-state index contributed by atoms with van der Waals surface area (Å²) < 4.78 is 0. The van der Waals surface area contributed by atoms with Gasteiger partial charge in [-0.3, -0.25) is 0 Å². The van der Waals surface area contributed by atoms with Crippen LogP contribution in [-0.4, -0.2) is 0 Å². The van der Waals surface area contributed by atoms with Crippen LogP contribution in [0.1, 0.15) is 53.4 Å². The van der Waals surface area contributed by atoms with Crippen molar-refractivity contribution in [1.82, 2.24) is 0 Å². The molecular weight excluding hydrogens is 132 g/mol. The van der Waals surface area contributed by atoms with Crippen molar-refractivity contribution in [2.75, 3.05) is 0 Å². The quantitative estimate of drug-likeness (QED) is 0.579. The van der Waals surface area contributed by atoms with Crippen molar-refractivity contribution in [1.29, 1.82) is 0 Å². The zero-order chi connectivity index (χ0) is 8.48. The number of hydrogen-bond acceptors (Lipinski definition) is 0. The van der Waals surface area contributed by atoms with E-state index in [1.54, 1.807) is 0 Å². The molecule has 66 valence electrons. The molecular formula is C11H22. The van der Waals surface area contributed by atoms with Crippen LogP contribution in [-0.2, 0) is 0 Å². The fourth-order valence-electron chi connectivity index (χ4n) is 1.33. The van der Waals surface area contributed by atoms with E-state index in [1.165, 1.54) is 25.7 Å². The SMILES string of the molecule is CC(CCC1CC1)C(C)(C)C. The molecule has 0 saturated heterocycles. The summed E-state index contributed by atoms with van der Waals surface area (Å²) in [7, 11) is 0. The van der Waals surface area contributed by atoms with Crippen LogP contribution in [0.4, 0.5) is 0 Å². The molecule has 0 spiro atoms. The van der Waals surface area contributed by atoms with Gasteiger partial charge in [0.05, 0.1) is 0 Å². The first-order valence-electron chi connectivity index (χ1n) is 5.00. The van der Waals surface area contributed by atoms with E-state index in [2.05, 4.69) is 27.7 Å². The average Bonchev–Trinajstić information content (AvgIpc) is 2.62. The van der Waals surface area contributed by atoms with Gasteiger partial charge in [0.2, 0.25) is 0 Å². The molecule has 1 atom stereocenters. The van der Waals surface area contributed by atoms with Gasteiger partial charge in [0.1, 0.15) is 0 Å². The summed E-state index contributed by atoms with van der Waals surface area (Å²) in [5, 5.41) is 0. The maximum atomic E-state index is 2.39. The third-order valence-corrected chi connectivity index (χ3v) is 3.18. The molecule has 11 heavy (non-hydrogen) atoms. The molecule has 0 aromatic heterocycles. The van der Waals surface area contributed by atoms with Crippen LogP contribution in [0.3, 0.4) is 0 Å². The van der Waals surface area contributed by atoms with E-state index in [0.29, 0.717) is 5.41 Å². The molecule has 0 heteroatoms. The van der Waals surface area contributed by atoms with Crippen LogP contribution in [0, 0.1) is 17.3 Å². The summed E-state index contributed by atoms with van der Waals surface area (Å²) in [5.74, 6) is 2.00. The Labute approximate surface area is 71.4 Å². The summed E-state index contributed by atoms with van der Waals surface area (Å²) in [6.45, 7) is 9.45. The third kappa shape index (κ3) is 3.27. The Bertz CT molecular complexity index is 114. The highest BCUT2D eigenvalue weighted by Gasteiger charge is 2.25. The van der Waals surface area contributed by atoms with Crippen LogP contribution in [0.2, 0.25) is 0 Å². The van der Waals surface area contributed by atoms with E-state index in [9.17, 15) is 0 Å². The minimum atomic E-state index is 0.523. The van der Waals surface area contributed by atoms with Gasteiger partial charge in [-0.05, 0) is 23.7 Å². The molecule has 1 saturated carbocycles. The first kappa shape index (κ1) is 9.09. The lowest BCUT2D eigenvalue weighted by atomic mass is 9.79. The van der Waals surface area contributed by atoms with Gasteiger partial charge in [-0.2, -0.15) is 0 Å². The van der Waals surface area contributed by atoms with Gasteiger partial charge in [0, 0.05) is 0 Å². The lowest BCUT2D eigenvalue weighted by molar-refractivity contribution is 0.239. The zero-order valence-corrected chi connectivity index (χ0v) is 8.48. The highest BCUT2D eigenvalue weighted by molar-refractivity contribution is 4.77. The fraction of sp³-hybridized carbons (Fsp3) is 1.00. The summed E-state index contributed by atoms with van der Waals surface area (Å²) in [4.78, 5) is 0. The van der Waals surface area contributed by atoms with E-state index in [1.807, 2.05) is 0 Å². The van der Waals surface area contributed by atoms with E-state index in [4.69, 9.17) is 0 Å². The first-order chi connectivity index (χ1) is 5.00. The molecule has 0 aromatic rings. The van der Waals surface area contributed by atoms with Crippen LogP contribution < -0.4 is 0 Å². The monoisotopic (exact) mass is 154 g/mol. The molecule has 0 radical (unpaired) electrons. The second kappa shape index (κ2) is 3.16. The summed E-state index contributed by atoms with van der Waals surface area (Å²) in [6.07, 6.45) is 5.94. The van der Waals surface area contributed by atoms with Gasteiger partial charge in [0.25, 0.3) is 0 Å². The van der Waals surface area contributed by atoms with E-state index >= 15 is 0 Å². The van der Waals surface area contributed by atoms with Gasteiger partial charge in [0.15, 0.2) is 0 Å². The number of hydrogen-bond donors (Lipinski definition) is 0. The second-order valence-electron chi connectivity index (χ2n) is 5.29. The molecule has 1 rings (SSSR count). The molecule has 1 aliphatic rings. The van der Waals surface area contributed by atoms with E-state index in [0.717, 1.165) is 11.8 Å². The highest BCUT2D eigenvalue weighted by atomic mass is 14.3. The van der Waals surface area contributed by atoms with Crippen molar-refractivity contribution >= 4 is 0 Å². The topological polar surface area (TPSA) is 0 Å². The summed E-state index contributed by atoms with van der Waals surface area (Å²) >= 11 is 0. The lowest BCUT2D eigenvalue weighted by Crippen LogP contribution is -2.17. The Hall–Kier alpha value is 0. The predicted molar refractivity (Wildman–Crippen MR) is 50.6 cm³/mol. The summed E-state index contributed by atoms with van der Waals surface area (Å²) in [6, 6.07) is 0. The highest BCUT2D eigenvalue weighted by Crippen LogP contribution is 2.37. The maximum absolute atomic E-state index is 2.39. The predicted octanol–water partition coefficient (Wildman–Crippen LogP) is 3.86. The molecule has 0 aromatic carbocycles. The number of rotatable bonds is 3. The Morgan fingerprint density at radius 2 is 1.82 bits per heavy atom. The minimum absolute atomic E-state index is 0.523. The van der Waals surface area contributed by atoms with Crippen LogP contribution in [0.25, 0.3) is 0 Å². The molecule has 1 aliphatic carbocycles. The molecule has 0 heterocycles. The van der Waals surface area contributed by atoms with Gasteiger partial charge in [-0.1, -0.05) is 47.0 Å². The van der Waals surface area contributed by atoms with Crippen molar-refractivity contribution in [3.63, 3.8) is 0 Å². The molecule has 0 aliphatic heterocycles. The maximum Gasteiger partial charge on any atom is -0.0357 e. The standard InChI is InChI=1S/C11H22/c1-9(11(2,3)4)5-6-10-7-8-10/h9-10H,5-8H2,1-4H3. The van der Waals surface area contributed by atoms with Crippen molar-refractivity contribution < 1.29 is 0 Å². The first-order valence-corrected chi connectivity index (χ1v) is 5.00.